The quantitative estimate of drug-likeness (QED) is 0.244. The number of likely N-dealkylation sites (tertiary alicyclic amines) is 2. The Hall–Kier alpha value is -2.36. The van der Waals surface area contributed by atoms with Crippen LogP contribution in [0, 0.1) is 35.0 Å². The minimum Gasteiger partial charge on any atom is -0.481 e. The van der Waals surface area contributed by atoms with Crippen LogP contribution in [0.2, 0.25) is 0 Å². The fourth-order valence-electron chi connectivity index (χ4n) is 7.58. The van der Waals surface area contributed by atoms with Gasteiger partial charge in [-0.2, -0.15) is 0 Å². The van der Waals surface area contributed by atoms with Gasteiger partial charge in [0.1, 0.15) is 22.4 Å². The summed E-state index contributed by atoms with van der Waals surface area (Å²) in [5.41, 5.74) is 0.0701. The van der Waals surface area contributed by atoms with Crippen molar-refractivity contribution >= 4 is 29.0 Å². The molecule has 7 rings (SSSR count). The second kappa shape index (κ2) is 12.9. The third kappa shape index (κ3) is 6.69. The molecule has 0 aromatic carbocycles. The molecule has 6 fully saturated rings. The second-order valence-electron chi connectivity index (χ2n) is 13.3. The number of thiazole rings is 1. The highest BCUT2D eigenvalue weighted by Gasteiger charge is 2.54. The zero-order valence-corrected chi connectivity index (χ0v) is 26.4. The van der Waals surface area contributed by atoms with E-state index < -0.39 is 11.4 Å². The number of aryl methyl sites for hydroxylation is 1. The van der Waals surface area contributed by atoms with Gasteiger partial charge in [0.2, 0.25) is 0 Å². The molecule has 43 heavy (non-hydrogen) atoms. The highest BCUT2D eigenvalue weighted by Crippen LogP contribution is 2.49. The predicted molar refractivity (Wildman–Crippen MR) is 168 cm³/mol. The number of fused-ring (bicyclic) bond motifs is 3. The molecule has 1 aromatic heterocycles. The smallest absolute Gasteiger partial charge is 0.311 e. The van der Waals surface area contributed by atoms with Gasteiger partial charge in [0.05, 0.1) is 36.8 Å². The van der Waals surface area contributed by atoms with Crippen LogP contribution in [0.5, 0.6) is 0 Å². The van der Waals surface area contributed by atoms with Crippen molar-refractivity contribution in [1.29, 1.82) is 10.8 Å². The van der Waals surface area contributed by atoms with Gasteiger partial charge >= 0.3 is 5.97 Å². The SMILES string of the molecule is Cc1sc(CN2CCCC2C(=N)N2CCCCCC2=N)nc1C#CCN1CCN(CC23CCC(C(=O)O)(CC2)CO3)CC1. The molecule has 2 bridgehead atoms. The summed E-state index contributed by atoms with van der Waals surface area (Å²) in [7, 11) is 0. The van der Waals surface area contributed by atoms with Gasteiger partial charge in [-0.3, -0.25) is 30.3 Å². The zero-order valence-electron chi connectivity index (χ0n) is 25.6. The highest BCUT2D eigenvalue weighted by molar-refractivity contribution is 7.11. The first-order chi connectivity index (χ1) is 20.8. The van der Waals surface area contributed by atoms with Crippen LogP contribution in [0.3, 0.4) is 0 Å². The average molecular weight is 610 g/mol. The van der Waals surface area contributed by atoms with Crippen molar-refractivity contribution < 1.29 is 14.6 Å². The van der Waals surface area contributed by atoms with Crippen LogP contribution in [0.1, 0.15) is 79.8 Å². The van der Waals surface area contributed by atoms with Gasteiger partial charge in [0.15, 0.2) is 0 Å². The monoisotopic (exact) mass is 609 g/mol. The number of carbonyl (C=O) groups is 1. The molecule has 1 saturated carbocycles. The lowest BCUT2D eigenvalue weighted by atomic mass is 9.66. The molecule has 6 aliphatic rings. The van der Waals surface area contributed by atoms with E-state index in [1.165, 1.54) is 0 Å². The molecular weight excluding hydrogens is 562 g/mol. The molecule has 1 unspecified atom stereocenters. The van der Waals surface area contributed by atoms with E-state index in [0.717, 1.165) is 139 Å². The Balaban J connectivity index is 0.971. The van der Waals surface area contributed by atoms with Crippen LogP contribution < -0.4 is 0 Å². The summed E-state index contributed by atoms with van der Waals surface area (Å²) in [6.45, 7) is 10.5. The largest absolute Gasteiger partial charge is 0.481 e. The van der Waals surface area contributed by atoms with Crippen molar-refractivity contribution in [2.24, 2.45) is 5.41 Å². The summed E-state index contributed by atoms with van der Waals surface area (Å²) in [6, 6.07) is 0.0662. The Morgan fingerprint density at radius 3 is 2.56 bits per heavy atom. The summed E-state index contributed by atoms with van der Waals surface area (Å²) < 4.78 is 6.19. The lowest BCUT2D eigenvalue weighted by Crippen LogP contribution is -2.60. The Morgan fingerprint density at radius 1 is 1.07 bits per heavy atom. The van der Waals surface area contributed by atoms with Crippen molar-refractivity contribution in [3.05, 3.63) is 15.6 Å². The standard InChI is InChI=1S/C32H47N7O3S/c1-24-25(35-28(43-24)21-38-15-6-8-26(38)29(34)39-16-4-2-3-9-27(39)33)7-5-14-36-17-19-37(20-18-36)22-32-12-10-31(11-13-32,23-42-32)30(40)41/h26,33-34H,2-4,6,8-23H2,1H3,(H,40,41). The lowest BCUT2D eigenvalue weighted by molar-refractivity contribution is -0.206. The van der Waals surface area contributed by atoms with Gasteiger partial charge in [-0.05, 0) is 70.8 Å². The molecule has 5 saturated heterocycles. The molecular formula is C32H47N7O3S. The number of nitrogens with zero attached hydrogens (tertiary/aromatic N) is 5. The van der Waals surface area contributed by atoms with E-state index in [1.807, 2.05) is 4.90 Å². The number of carboxylic acids is 1. The topological polar surface area (TPSA) is 120 Å². The second-order valence-corrected chi connectivity index (χ2v) is 14.6. The maximum absolute atomic E-state index is 11.7. The van der Waals surface area contributed by atoms with Crippen LogP contribution in [0.25, 0.3) is 0 Å². The Labute approximate surface area is 259 Å². The average Bonchev–Trinajstić information content (AvgIpc) is 3.54. The molecule has 0 amide bonds. The molecule has 0 radical (unpaired) electrons. The minimum atomic E-state index is -0.692. The number of piperazine rings is 1. The molecule has 11 heteroatoms. The Morgan fingerprint density at radius 2 is 1.84 bits per heavy atom. The molecule has 5 aliphatic heterocycles. The van der Waals surface area contributed by atoms with E-state index in [2.05, 4.69) is 33.5 Å². The van der Waals surface area contributed by atoms with Crippen LogP contribution in [-0.2, 0) is 16.1 Å². The summed E-state index contributed by atoms with van der Waals surface area (Å²) in [5, 5.41) is 28.1. The van der Waals surface area contributed by atoms with Crippen molar-refractivity contribution in [2.45, 2.75) is 89.3 Å². The molecule has 234 valence electrons. The lowest BCUT2D eigenvalue weighted by Gasteiger charge is -2.53. The van der Waals surface area contributed by atoms with Gasteiger partial charge in [-0.1, -0.05) is 12.3 Å². The summed E-state index contributed by atoms with van der Waals surface area (Å²) in [6.07, 6.45) is 9.29. The number of hydrogen-bond donors (Lipinski definition) is 3. The molecule has 1 aromatic rings. The number of aliphatic carboxylic acids is 1. The van der Waals surface area contributed by atoms with Crippen molar-refractivity contribution in [3.63, 3.8) is 0 Å². The highest BCUT2D eigenvalue weighted by atomic mass is 32.1. The van der Waals surface area contributed by atoms with E-state index in [4.69, 9.17) is 20.5 Å². The summed E-state index contributed by atoms with van der Waals surface area (Å²) >= 11 is 1.72. The number of nitrogens with one attached hydrogen (secondary N) is 2. The molecule has 1 aliphatic carbocycles. The third-order valence-electron chi connectivity index (χ3n) is 10.5. The van der Waals surface area contributed by atoms with Crippen LogP contribution in [0.4, 0.5) is 0 Å². The van der Waals surface area contributed by atoms with Crippen molar-refractivity contribution in [1.82, 2.24) is 24.6 Å². The molecule has 3 N–H and O–H groups in total. The maximum Gasteiger partial charge on any atom is 0.311 e. The minimum absolute atomic E-state index is 0.0662. The fourth-order valence-corrected chi connectivity index (χ4v) is 8.49. The summed E-state index contributed by atoms with van der Waals surface area (Å²) in [4.78, 5) is 27.0. The Kier molecular flexibility index (Phi) is 9.22. The fraction of sp³-hybridized carbons (Fsp3) is 0.750. The van der Waals surface area contributed by atoms with Crippen LogP contribution in [-0.4, -0.2) is 118 Å². The molecule has 1 atom stereocenters. The predicted octanol–water partition coefficient (Wildman–Crippen LogP) is 3.63. The van der Waals surface area contributed by atoms with Crippen molar-refractivity contribution in [3.8, 4) is 11.8 Å². The van der Waals surface area contributed by atoms with Gasteiger partial charge in [-0.25, -0.2) is 4.98 Å². The Bertz CT molecular complexity index is 1250. The van der Waals surface area contributed by atoms with Gasteiger partial charge in [-0.15, -0.1) is 11.3 Å². The number of rotatable bonds is 7. The molecule has 0 spiro atoms. The third-order valence-corrected chi connectivity index (χ3v) is 11.4. The van der Waals surface area contributed by atoms with E-state index >= 15 is 0 Å². The number of carboxylic acid groups (broad SMARTS) is 1. The number of amidine groups is 2. The van der Waals surface area contributed by atoms with Crippen molar-refractivity contribution in [2.75, 3.05) is 59.0 Å². The number of ether oxygens (including phenoxy) is 1. The molecule has 10 nitrogen and oxygen atoms in total. The first kappa shape index (κ1) is 30.7. The number of aromatic nitrogens is 1. The normalized spacial score (nSPS) is 30.7. The van der Waals surface area contributed by atoms with E-state index in [1.54, 1.807) is 11.3 Å². The van der Waals surface area contributed by atoms with E-state index in [-0.39, 0.29) is 11.6 Å². The summed E-state index contributed by atoms with van der Waals surface area (Å²) in [5.74, 6) is 7.24. The van der Waals surface area contributed by atoms with Gasteiger partial charge in [0, 0.05) is 50.6 Å². The first-order valence-electron chi connectivity index (χ1n) is 16.2. The zero-order chi connectivity index (χ0) is 30.0. The maximum atomic E-state index is 11.7. The number of hydrogen-bond acceptors (Lipinski definition) is 9. The van der Waals surface area contributed by atoms with E-state index in [9.17, 15) is 9.90 Å². The van der Waals surface area contributed by atoms with Crippen LogP contribution >= 0.6 is 11.3 Å². The first-order valence-corrected chi connectivity index (χ1v) is 17.0. The van der Waals surface area contributed by atoms with Gasteiger partial charge < -0.3 is 14.7 Å². The van der Waals surface area contributed by atoms with Crippen LogP contribution in [0.15, 0.2) is 0 Å². The molecule has 6 heterocycles. The van der Waals surface area contributed by atoms with Gasteiger partial charge in [0.25, 0.3) is 0 Å². The van der Waals surface area contributed by atoms with E-state index in [0.29, 0.717) is 18.3 Å².